The van der Waals surface area contributed by atoms with E-state index < -0.39 is 11.3 Å². The first-order valence-corrected chi connectivity index (χ1v) is 5.69. The summed E-state index contributed by atoms with van der Waals surface area (Å²) in [6.07, 6.45) is 3.23. The van der Waals surface area contributed by atoms with Gasteiger partial charge in [0, 0.05) is 0 Å². The van der Waals surface area contributed by atoms with Crippen molar-refractivity contribution in [1.29, 1.82) is 5.26 Å². The molecule has 0 unspecified atom stereocenters. The van der Waals surface area contributed by atoms with Crippen molar-refractivity contribution in [1.82, 2.24) is 5.48 Å². The lowest BCUT2D eigenvalue weighted by Gasteiger charge is -2.27. The summed E-state index contributed by atoms with van der Waals surface area (Å²) in [4.78, 5) is 11.9. The lowest BCUT2D eigenvalue weighted by molar-refractivity contribution is -0.135. The standard InChI is InChI=1S/C13H14N2O2/c14-9-10-5-1-2-6-11(10)13(12(16)15-17)7-3-4-8-13/h1-2,5-6,17H,3-4,7-8H2,(H,15,16). The number of nitriles is 1. The number of nitrogens with zero attached hydrogens (tertiary/aromatic N) is 1. The number of rotatable bonds is 2. The Morgan fingerprint density at radius 1 is 1.35 bits per heavy atom. The van der Waals surface area contributed by atoms with Crippen LogP contribution in [-0.2, 0) is 10.2 Å². The van der Waals surface area contributed by atoms with Gasteiger partial charge in [-0.25, -0.2) is 5.48 Å². The largest absolute Gasteiger partial charge is 0.289 e. The number of carbonyl (C=O) groups excluding carboxylic acids is 1. The maximum Gasteiger partial charge on any atom is 0.254 e. The van der Waals surface area contributed by atoms with Crippen LogP contribution in [0, 0.1) is 11.3 Å². The molecule has 0 saturated heterocycles. The van der Waals surface area contributed by atoms with Crippen molar-refractivity contribution >= 4 is 5.91 Å². The minimum Gasteiger partial charge on any atom is -0.289 e. The lowest BCUT2D eigenvalue weighted by Crippen LogP contribution is -2.41. The van der Waals surface area contributed by atoms with Crippen LogP contribution in [0.4, 0.5) is 0 Å². The molecule has 4 nitrogen and oxygen atoms in total. The molecule has 17 heavy (non-hydrogen) atoms. The van der Waals surface area contributed by atoms with E-state index in [4.69, 9.17) is 10.5 Å². The number of nitrogens with one attached hydrogen (secondary N) is 1. The van der Waals surface area contributed by atoms with Crippen molar-refractivity contribution in [2.24, 2.45) is 0 Å². The Balaban J connectivity index is 2.54. The average molecular weight is 230 g/mol. The van der Waals surface area contributed by atoms with Gasteiger partial charge in [-0.2, -0.15) is 5.26 Å². The van der Waals surface area contributed by atoms with Crippen molar-refractivity contribution in [2.75, 3.05) is 0 Å². The monoisotopic (exact) mass is 230 g/mol. The van der Waals surface area contributed by atoms with E-state index in [9.17, 15) is 4.79 Å². The van der Waals surface area contributed by atoms with E-state index in [1.165, 1.54) is 0 Å². The van der Waals surface area contributed by atoms with E-state index in [0.717, 1.165) is 18.4 Å². The van der Waals surface area contributed by atoms with Crippen molar-refractivity contribution < 1.29 is 10.0 Å². The zero-order valence-electron chi connectivity index (χ0n) is 9.44. The summed E-state index contributed by atoms with van der Waals surface area (Å²) < 4.78 is 0. The van der Waals surface area contributed by atoms with Crippen molar-refractivity contribution in [2.45, 2.75) is 31.1 Å². The van der Waals surface area contributed by atoms with Gasteiger partial charge in [0.25, 0.3) is 5.91 Å². The Morgan fingerprint density at radius 3 is 2.59 bits per heavy atom. The molecule has 1 aliphatic rings. The highest BCUT2D eigenvalue weighted by molar-refractivity contribution is 5.88. The summed E-state index contributed by atoms with van der Waals surface area (Å²) in [7, 11) is 0. The van der Waals surface area contributed by atoms with E-state index >= 15 is 0 Å². The normalized spacial score (nSPS) is 17.4. The summed E-state index contributed by atoms with van der Waals surface area (Å²) in [6, 6.07) is 9.23. The molecule has 0 atom stereocenters. The third-order valence-corrected chi connectivity index (χ3v) is 3.56. The average Bonchev–Trinajstić information content (AvgIpc) is 2.88. The molecule has 1 fully saturated rings. The molecule has 1 saturated carbocycles. The molecule has 88 valence electrons. The van der Waals surface area contributed by atoms with Crippen molar-refractivity contribution in [3.8, 4) is 6.07 Å². The summed E-state index contributed by atoms with van der Waals surface area (Å²) >= 11 is 0. The quantitative estimate of drug-likeness (QED) is 0.601. The van der Waals surface area contributed by atoms with Crippen molar-refractivity contribution in [3.63, 3.8) is 0 Å². The van der Waals surface area contributed by atoms with Crippen LogP contribution in [0.15, 0.2) is 24.3 Å². The van der Waals surface area contributed by atoms with E-state index in [1.807, 2.05) is 6.07 Å². The molecular weight excluding hydrogens is 216 g/mol. The number of amides is 1. The fourth-order valence-corrected chi connectivity index (χ4v) is 2.70. The molecular formula is C13H14N2O2. The van der Waals surface area contributed by atoms with Gasteiger partial charge in [-0.3, -0.25) is 10.0 Å². The van der Waals surface area contributed by atoms with Crippen LogP contribution in [0.2, 0.25) is 0 Å². The third-order valence-electron chi connectivity index (χ3n) is 3.56. The molecule has 1 aromatic rings. The van der Waals surface area contributed by atoms with Gasteiger partial charge in [-0.05, 0) is 24.5 Å². The SMILES string of the molecule is N#Cc1ccccc1C1(C(=O)NO)CCCC1. The molecule has 2 N–H and O–H groups in total. The number of carbonyl (C=O) groups is 1. The fourth-order valence-electron chi connectivity index (χ4n) is 2.70. The maximum absolute atomic E-state index is 11.9. The predicted octanol–water partition coefficient (Wildman–Crippen LogP) is 1.88. The lowest BCUT2D eigenvalue weighted by atomic mass is 9.76. The van der Waals surface area contributed by atoms with Gasteiger partial charge in [0.05, 0.1) is 17.0 Å². The summed E-state index contributed by atoms with van der Waals surface area (Å²) in [6.45, 7) is 0. The van der Waals surface area contributed by atoms with Crippen LogP contribution >= 0.6 is 0 Å². The molecule has 0 bridgehead atoms. The molecule has 4 heteroatoms. The van der Waals surface area contributed by atoms with E-state index in [1.54, 1.807) is 23.7 Å². The van der Waals surface area contributed by atoms with Crippen LogP contribution in [-0.4, -0.2) is 11.1 Å². The van der Waals surface area contributed by atoms with Crippen LogP contribution < -0.4 is 5.48 Å². The summed E-state index contributed by atoms with van der Waals surface area (Å²) in [5.41, 5.74) is 2.25. The molecule has 0 aliphatic heterocycles. The van der Waals surface area contributed by atoms with Gasteiger partial charge in [-0.15, -0.1) is 0 Å². The Morgan fingerprint density at radius 2 is 2.00 bits per heavy atom. The van der Waals surface area contributed by atoms with Crippen LogP contribution in [0.25, 0.3) is 0 Å². The van der Waals surface area contributed by atoms with Crippen LogP contribution in [0.3, 0.4) is 0 Å². The Bertz CT molecular complexity index is 471. The highest BCUT2D eigenvalue weighted by Crippen LogP contribution is 2.42. The van der Waals surface area contributed by atoms with E-state index in [2.05, 4.69) is 6.07 Å². The van der Waals surface area contributed by atoms with Gasteiger partial charge in [0.1, 0.15) is 0 Å². The molecule has 1 amide bonds. The first kappa shape index (κ1) is 11.6. The van der Waals surface area contributed by atoms with E-state index in [-0.39, 0.29) is 0 Å². The topological polar surface area (TPSA) is 73.1 Å². The number of hydroxylamine groups is 1. The Labute approximate surface area is 99.8 Å². The Hall–Kier alpha value is -1.86. The van der Waals surface area contributed by atoms with Crippen LogP contribution in [0.1, 0.15) is 36.8 Å². The number of hydrogen-bond donors (Lipinski definition) is 2. The van der Waals surface area contributed by atoms with Gasteiger partial charge in [0.15, 0.2) is 0 Å². The predicted molar refractivity (Wildman–Crippen MR) is 61.2 cm³/mol. The molecule has 1 aliphatic carbocycles. The molecule has 0 spiro atoms. The number of benzene rings is 1. The van der Waals surface area contributed by atoms with Gasteiger partial charge in [0.2, 0.25) is 0 Å². The van der Waals surface area contributed by atoms with Crippen molar-refractivity contribution in [3.05, 3.63) is 35.4 Å². The fraction of sp³-hybridized carbons (Fsp3) is 0.385. The first-order valence-electron chi connectivity index (χ1n) is 5.69. The minimum atomic E-state index is -0.735. The second-order valence-electron chi connectivity index (χ2n) is 4.39. The smallest absolute Gasteiger partial charge is 0.254 e. The van der Waals surface area contributed by atoms with Gasteiger partial charge in [-0.1, -0.05) is 31.0 Å². The first-order chi connectivity index (χ1) is 8.24. The molecule has 0 radical (unpaired) electrons. The highest BCUT2D eigenvalue weighted by Gasteiger charge is 2.43. The van der Waals surface area contributed by atoms with Gasteiger partial charge >= 0.3 is 0 Å². The number of hydrogen-bond acceptors (Lipinski definition) is 3. The summed E-state index contributed by atoms with van der Waals surface area (Å²) in [5, 5.41) is 18.0. The summed E-state index contributed by atoms with van der Waals surface area (Å²) in [5.74, 6) is -0.405. The third kappa shape index (κ3) is 1.79. The minimum absolute atomic E-state index is 0.405. The molecule has 1 aromatic carbocycles. The van der Waals surface area contributed by atoms with Crippen LogP contribution in [0.5, 0.6) is 0 Å². The molecule has 0 heterocycles. The Kier molecular flexibility index (Phi) is 3.12. The van der Waals surface area contributed by atoms with E-state index in [0.29, 0.717) is 18.4 Å². The van der Waals surface area contributed by atoms with Gasteiger partial charge < -0.3 is 0 Å². The second kappa shape index (κ2) is 4.56. The zero-order valence-corrected chi connectivity index (χ0v) is 9.44. The maximum atomic E-state index is 11.9. The second-order valence-corrected chi connectivity index (χ2v) is 4.39. The highest BCUT2D eigenvalue weighted by atomic mass is 16.5. The molecule has 2 rings (SSSR count). The zero-order chi connectivity index (χ0) is 12.3. The molecule has 0 aromatic heterocycles.